The molecule has 0 aliphatic heterocycles. The highest BCUT2D eigenvalue weighted by atomic mass is 79.9. The van der Waals surface area contributed by atoms with Crippen LogP contribution in [0.5, 0.6) is 5.75 Å². The fourth-order valence-corrected chi connectivity index (χ4v) is 1.77. The zero-order valence-corrected chi connectivity index (χ0v) is 8.96. The van der Waals surface area contributed by atoms with E-state index in [1.807, 2.05) is 6.92 Å². The number of aryl methyl sites for hydroxylation is 1. The summed E-state index contributed by atoms with van der Waals surface area (Å²) in [5.74, 6) is 0.0613. The third-order valence-corrected chi connectivity index (χ3v) is 2.80. The van der Waals surface area contributed by atoms with Gasteiger partial charge in [-0.15, -0.1) is 0 Å². The second kappa shape index (κ2) is 3.13. The molecule has 0 fully saturated rings. The molecule has 0 saturated heterocycles. The number of aromatic hydroxyl groups is 1. The van der Waals surface area contributed by atoms with E-state index in [-0.39, 0.29) is 5.75 Å². The molecule has 4 heteroatoms. The SMILES string of the molecule is Cc1cc(=O)oc2c(Br)c(O)ccc12. The van der Waals surface area contributed by atoms with Crippen LogP contribution in [0, 0.1) is 6.92 Å². The van der Waals surface area contributed by atoms with Crippen molar-refractivity contribution in [3.05, 3.63) is 38.7 Å². The zero-order chi connectivity index (χ0) is 10.3. The molecule has 1 aromatic carbocycles. The number of phenolic OH excluding ortho intramolecular Hbond substituents is 1. The van der Waals surface area contributed by atoms with Gasteiger partial charge in [0.05, 0.1) is 0 Å². The summed E-state index contributed by atoms with van der Waals surface area (Å²) >= 11 is 3.17. The number of halogens is 1. The highest BCUT2D eigenvalue weighted by Crippen LogP contribution is 2.32. The molecular formula is C10H7BrO3. The van der Waals surface area contributed by atoms with Gasteiger partial charge in [-0.2, -0.15) is 0 Å². The summed E-state index contributed by atoms with van der Waals surface area (Å²) in [6.45, 7) is 1.82. The summed E-state index contributed by atoms with van der Waals surface area (Å²) < 4.78 is 5.40. The smallest absolute Gasteiger partial charge is 0.336 e. The predicted molar refractivity (Wildman–Crippen MR) is 56.6 cm³/mol. The van der Waals surface area contributed by atoms with E-state index in [4.69, 9.17) is 4.42 Å². The summed E-state index contributed by atoms with van der Waals surface area (Å²) in [6.07, 6.45) is 0. The first-order chi connectivity index (χ1) is 6.59. The zero-order valence-electron chi connectivity index (χ0n) is 7.37. The van der Waals surface area contributed by atoms with Crippen molar-refractivity contribution < 1.29 is 9.52 Å². The van der Waals surface area contributed by atoms with E-state index >= 15 is 0 Å². The van der Waals surface area contributed by atoms with Crippen LogP contribution in [0.2, 0.25) is 0 Å². The van der Waals surface area contributed by atoms with Crippen LogP contribution in [0.25, 0.3) is 11.0 Å². The van der Waals surface area contributed by atoms with E-state index in [2.05, 4.69) is 15.9 Å². The lowest BCUT2D eigenvalue weighted by Crippen LogP contribution is -1.97. The molecule has 0 atom stereocenters. The second-order valence-corrected chi connectivity index (χ2v) is 3.82. The molecule has 0 amide bonds. The highest BCUT2D eigenvalue weighted by molar-refractivity contribution is 9.10. The lowest BCUT2D eigenvalue weighted by molar-refractivity contribution is 0.469. The molecule has 72 valence electrons. The number of phenols is 1. The lowest BCUT2D eigenvalue weighted by Gasteiger charge is -2.03. The molecule has 1 heterocycles. The highest BCUT2D eigenvalue weighted by Gasteiger charge is 2.08. The van der Waals surface area contributed by atoms with Crippen LogP contribution in [0.3, 0.4) is 0 Å². The molecular weight excluding hydrogens is 248 g/mol. The third kappa shape index (κ3) is 1.32. The summed E-state index contributed by atoms with van der Waals surface area (Å²) in [6, 6.07) is 4.69. The summed E-state index contributed by atoms with van der Waals surface area (Å²) in [4.78, 5) is 11.1. The van der Waals surface area contributed by atoms with Gasteiger partial charge in [-0.1, -0.05) is 0 Å². The molecule has 1 N–H and O–H groups in total. The van der Waals surface area contributed by atoms with Crippen molar-refractivity contribution in [2.24, 2.45) is 0 Å². The molecule has 2 aromatic rings. The Morgan fingerprint density at radius 2 is 2.14 bits per heavy atom. The van der Waals surface area contributed by atoms with E-state index < -0.39 is 5.63 Å². The normalized spacial score (nSPS) is 10.7. The first-order valence-electron chi connectivity index (χ1n) is 4.01. The van der Waals surface area contributed by atoms with Gasteiger partial charge in [-0.05, 0) is 40.5 Å². The molecule has 0 saturated carbocycles. The number of benzene rings is 1. The van der Waals surface area contributed by atoms with Gasteiger partial charge in [0.1, 0.15) is 10.2 Å². The van der Waals surface area contributed by atoms with Gasteiger partial charge in [0.2, 0.25) is 0 Å². The monoisotopic (exact) mass is 254 g/mol. The van der Waals surface area contributed by atoms with Crippen LogP contribution in [0.1, 0.15) is 5.56 Å². The quantitative estimate of drug-likeness (QED) is 0.736. The molecule has 1 aromatic heterocycles. The summed E-state index contributed by atoms with van der Waals surface area (Å²) in [5.41, 5.74) is 0.799. The molecule has 3 nitrogen and oxygen atoms in total. The van der Waals surface area contributed by atoms with Gasteiger partial charge >= 0.3 is 5.63 Å². The largest absolute Gasteiger partial charge is 0.507 e. The molecule has 14 heavy (non-hydrogen) atoms. The number of hydrogen-bond acceptors (Lipinski definition) is 3. The fraction of sp³-hybridized carbons (Fsp3) is 0.100. The molecule has 0 radical (unpaired) electrons. The van der Waals surface area contributed by atoms with Gasteiger partial charge < -0.3 is 9.52 Å². The van der Waals surface area contributed by atoms with E-state index in [1.54, 1.807) is 12.1 Å². The maximum absolute atomic E-state index is 11.1. The molecule has 0 unspecified atom stereocenters. The van der Waals surface area contributed by atoms with Crippen molar-refractivity contribution in [1.82, 2.24) is 0 Å². The van der Waals surface area contributed by atoms with Crippen LogP contribution >= 0.6 is 15.9 Å². The Hall–Kier alpha value is -1.29. The Kier molecular flexibility index (Phi) is 2.07. The Bertz CT molecular complexity index is 557. The molecule has 0 aliphatic rings. The average Bonchev–Trinajstić information content (AvgIpc) is 2.12. The predicted octanol–water partition coefficient (Wildman–Crippen LogP) is 2.57. The van der Waals surface area contributed by atoms with Gasteiger partial charge in [-0.3, -0.25) is 0 Å². The number of rotatable bonds is 0. The summed E-state index contributed by atoms with van der Waals surface area (Å²) in [5, 5.41) is 10.2. The number of fused-ring (bicyclic) bond motifs is 1. The van der Waals surface area contributed by atoms with E-state index in [1.165, 1.54) is 6.07 Å². The number of hydrogen-bond donors (Lipinski definition) is 1. The van der Waals surface area contributed by atoms with Gasteiger partial charge in [0.15, 0.2) is 5.58 Å². The first-order valence-corrected chi connectivity index (χ1v) is 4.81. The Balaban J connectivity index is 3.02. The van der Waals surface area contributed by atoms with E-state index in [9.17, 15) is 9.90 Å². The minimum Gasteiger partial charge on any atom is -0.507 e. The van der Waals surface area contributed by atoms with Crippen molar-refractivity contribution >= 4 is 26.9 Å². The third-order valence-electron chi connectivity index (χ3n) is 2.04. The topological polar surface area (TPSA) is 50.4 Å². The maximum atomic E-state index is 11.1. The maximum Gasteiger partial charge on any atom is 0.336 e. The minimum atomic E-state index is -0.415. The van der Waals surface area contributed by atoms with Gasteiger partial charge in [0.25, 0.3) is 0 Å². The van der Waals surface area contributed by atoms with Crippen LogP contribution in [0.4, 0.5) is 0 Å². The van der Waals surface area contributed by atoms with Crippen LogP contribution in [0.15, 0.2) is 31.9 Å². The van der Waals surface area contributed by atoms with Crippen LogP contribution in [-0.4, -0.2) is 5.11 Å². The van der Waals surface area contributed by atoms with Crippen molar-refractivity contribution in [3.63, 3.8) is 0 Å². The van der Waals surface area contributed by atoms with Crippen molar-refractivity contribution in [2.45, 2.75) is 6.92 Å². The molecule has 2 rings (SSSR count). The van der Waals surface area contributed by atoms with Crippen molar-refractivity contribution in [3.8, 4) is 5.75 Å². The lowest BCUT2D eigenvalue weighted by atomic mass is 10.1. The first kappa shape index (κ1) is 9.27. The fourth-order valence-electron chi connectivity index (χ4n) is 1.34. The van der Waals surface area contributed by atoms with Crippen molar-refractivity contribution in [1.29, 1.82) is 0 Å². The van der Waals surface area contributed by atoms with Crippen LogP contribution < -0.4 is 5.63 Å². The minimum absolute atomic E-state index is 0.0613. The second-order valence-electron chi connectivity index (χ2n) is 3.02. The summed E-state index contributed by atoms with van der Waals surface area (Å²) in [7, 11) is 0. The standard InChI is InChI=1S/C10H7BrO3/c1-5-4-8(13)14-10-6(5)2-3-7(12)9(10)11/h2-4,12H,1H3. The molecule has 0 spiro atoms. The molecule has 0 bridgehead atoms. The Morgan fingerprint density at radius 1 is 1.43 bits per heavy atom. The average molecular weight is 255 g/mol. The van der Waals surface area contributed by atoms with E-state index in [0.717, 1.165) is 10.9 Å². The molecule has 0 aliphatic carbocycles. The van der Waals surface area contributed by atoms with Gasteiger partial charge in [-0.25, -0.2) is 4.79 Å². The Morgan fingerprint density at radius 3 is 2.86 bits per heavy atom. The van der Waals surface area contributed by atoms with Gasteiger partial charge in [0, 0.05) is 11.5 Å². The van der Waals surface area contributed by atoms with Crippen molar-refractivity contribution in [2.75, 3.05) is 0 Å². The van der Waals surface area contributed by atoms with E-state index in [0.29, 0.717) is 10.1 Å². The Labute approximate surface area is 88.1 Å². The van der Waals surface area contributed by atoms with Crippen LogP contribution in [-0.2, 0) is 0 Å².